The molecular formula is C21H28N6O2. The number of aromatic amines is 1. The highest BCUT2D eigenvalue weighted by Gasteiger charge is 2.39. The molecule has 154 valence electrons. The van der Waals surface area contributed by atoms with Gasteiger partial charge in [0.1, 0.15) is 5.65 Å². The van der Waals surface area contributed by atoms with Gasteiger partial charge in [-0.3, -0.25) is 0 Å². The van der Waals surface area contributed by atoms with Crippen molar-refractivity contribution in [3.05, 3.63) is 24.5 Å². The largest absolute Gasteiger partial charge is 0.378 e. The number of urea groups is 1. The SMILES string of the molecule is COC1CN(C(=O)N2CC[C@@H](C)C(N(C)c3ccnc4[nH]ccc34)C2)CC1C#N. The number of nitriles is 1. The van der Waals surface area contributed by atoms with Crippen molar-refractivity contribution in [1.82, 2.24) is 19.8 Å². The number of aromatic nitrogens is 2. The second-order valence-corrected chi connectivity index (χ2v) is 8.16. The van der Waals surface area contributed by atoms with Gasteiger partial charge in [0.2, 0.25) is 0 Å². The lowest BCUT2D eigenvalue weighted by Gasteiger charge is -2.43. The number of anilines is 1. The van der Waals surface area contributed by atoms with Crippen molar-refractivity contribution in [2.45, 2.75) is 25.5 Å². The van der Waals surface area contributed by atoms with Crippen LogP contribution in [0, 0.1) is 23.2 Å². The van der Waals surface area contributed by atoms with E-state index in [1.54, 1.807) is 12.0 Å². The minimum absolute atomic E-state index is 0.0108. The van der Waals surface area contributed by atoms with Crippen LogP contribution in [0.1, 0.15) is 13.3 Å². The van der Waals surface area contributed by atoms with Gasteiger partial charge in [-0.25, -0.2) is 9.78 Å². The third kappa shape index (κ3) is 3.51. The molecule has 8 heteroatoms. The van der Waals surface area contributed by atoms with Gasteiger partial charge in [0.15, 0.2) is 0 Å². The summed E-state index contributed by atoms with van der Waals surface area (Å²) in [5.41, 5.74) is 1.99. The van der Waals surface area contributed by atoms with Crippen LogP contribution in [0.2, 0.25) is 0 Å². The minimum atomic E-state index is -0.259. The van der Waals surface area contributed by atoms with E-state index >= 15 is 0 Å². The molecular weight excluding hydrogens is 368 g/mol. The summed E-state index contributed by atoms with van der Waals surface area (Å²) in [5, 5.41) is 10.4. The summed E-state index contributed by atoms with van der Waals surface area (Å²) in [6.07, 6.45) is 4.47. The molecule has 29 heavy (non-hydrogen) atoms. The van der Waals surface area contributed by atoms with Gasteiger partial charge in [0.25, 0.3) is 0 Å². The Hall–Kier alpha value is -2.79. The van der Waals surface area contributed by atoms with Crippen LogP contribution in [0.4, 0.5) is 10.5 Å². The zero-order valence-electron chi connectivity index (χ0n) is 17.2. The van der Waals surface area contributed by atoms with E-state index in [1.165, 1.54) is 0 Å². The van der Waals surface area contributed by atoms with Crippen molar-refractivity contribution < 1.29 is 9.53 Å². The number of hydrogen-bond donors (Lipinski definition) is 1. The first-order chi connectivity index (χ1) is 14.0. The Kier molecular flexibility index (Phi) is 5.33. The molecule has 0 saturated carbocycles. The van der Waals surface area contributed by atoms with Crippen LogP contribution in [0.3, 0.4) is 0 Å². The standard InChI is InChI=1S/C21H28N6O2/c1-14-6-9-26(21(28)27-11-15(10-22)19(13-27)29-3)12-18(14)25(2)17-5-8-24-20-16(17)4-7-23-20/h4-5,7-8,14-15,18-19H,6,9,11-13H2,1-3H3,(H,23,24)/t14-,15?,18?,19?/m1/s1. The minimum Gasteiger partial charge on any atom is -0.378 e. The predicted molar refractivity (Wildman–Crippen MR) is 111 cm³/mol. The number of fused-ring (bicyclic) bond motifs is 1. The molecule has 0 aromatic carbocycles. The number of carbonyl (C=O) groups is 1. The van der Waals surface area contributed by atoms with Crippen LogP contribution in [-0.2, 0) is 4.74 Å². The van der Waals surface area contributed by atoms with Crippen LogP contribution in [0.5, 0.6) is 0 Å². The number of rotatable bonds is 3. The van der Waals surface area contributed by atoms with Crippen molar-refractivity contribution in [2.75, 3.05) is 45.2 Å². The predicted octanol–water partition coefficient (Wildman–Crippen LogP) is 2.30. The summed E-state index contributed by atoms with van der Waals surface area (Å²) in [7, 11) is 3.70. The van der Waals surface area contributed by atoms with Gasteiger partial charge in [-0.2, -0.15) is 5.26 Å². The average molecular weight is 396 g/mol. The van der Waals surface area contributed by atoms with Gasteiger partial charge in [-0.05, 0) is 24.5 Å². The molecule has 2 fully saturated rings. The third-order valence-corrected chi connectivity index (χ3v) is 6.51. The lowest BCUT2D eigenvalue weighted by atomic mass is 9.92. The second-order valence-electron chi connectivity index (χ2n) is 8.16. The molecule has 4 heterocycles. The molecule has 0 radical (unpaired) electrons. The van der Waals surface area contributed by atoms with Crippen LogP contribution in [0.25, 0.3) is 11.0 Å². The number of methoxy groups -OCH3 is 1. The zero-order valence-corrected chi connectivity index (χ0v) is 17.2. The molecule has 8 nitrogen and oxygen atoms in total. The number of nitrogens with zero attached hydrogens (tertiary/aromatic N) is 5. The van der Waals surface area contributed by atoms with E-state index < -0.39 is 0 Å². The Labute approximate surface area is 171 Å². The topological polar surface area (TPSA) is 88.5 Å². The number of carbonyl (C=O) groups excluding carboxylic acids is 1. The van der Waals surface area contributed by atoms with Crippen LogP contribution >= 0.6 is 0 Å². The van der Waals surface area contributed by atoms with E-state index in [0.29, 0.717) is 25.6 Å². The number of likely N-dealkylation sites (tertiary alicyclic amines) is 2. The number of pyridine rings is 1. The number of likely N-dealkylation sites (N-methyl/N-ethyl adjacent to an activating group) is 1. The van der Waals surface area contributed by atoms with Gasteiger partial charge >= 0.3 is 6.03 Å². The smallest absolute Gasteiger partial charge is 0.320 e. The Morgan fingerprint density at radius 1 is 1.34 bits per heavy atom. The van der Waals surface area contributed by atoms with E-state index in [2.05, 4.69) is 34.9 Å². The number of H-pyrrole nitrogens is 1. The third-order valence-electron chi connectivity index (χ3n) is 6.51. The van der Waals surface area contributed by atoms with Crippen LogP contribution < -0.4 is 4.90 Å². The average Bonchev–Trinajstić information content (AvgIpc) is 3.39. The molecule has 2 aliphatic rings. The Balaban J connectivity index is 1.50. The van der Waals surface area contributed by atoms with Gasteiger partial charge in [0, 0.05) is 69.8 Å². The molecule has 4 rings (SSSR count). The van der Waals surface area contributed by atoms with Gasteiger partial charge in [-0.1, -0.05) is 6.92 Å². The molecule has 4 atom stereocenters. The molecule has 2 aliphatic heterocycles. The summed E-state index contributed by atoms with van der Waals surface area (Å²) in [6.45, 7) is 4.58. The van der Waals surface area contributed by atoms with Crippen LogP contribution in [0.15, 0.2) is 24.5 Å². The maximum absolute atomic E-state index is 13.2. The van der Waals surface area contributed by atoms with Crippen molar-refractivity contribution in [2.24, 2.45) is 11.8 Å². The van der Waals surface area contributed by atoms with Gasteiger partial charge in [0.05, 0.1) is 18.1 Å². The number of nitrogens with one attached hydrogen (secondary N) is 1. The molecule has 1 N–H and O–H groups in total. The summed E-state index contributed by atoms with van der Waals surface area (Å²) in [6, 6.07) is 6.56. The molecule has 2 aromatic heterocycles. The number of amides is 2. The first-order valence-corrected chi connectivity index (χ1v) is 10.1. The van der Waals surface area contributed by atoms with Gasteiger partial charge in [-0.15, -0.1) is 0 Å². The summed E-state index contributed by atoms with van der Waals surface area (Å²) < 4.78 is 5.40. The Morgan fingerprint density at radius 2 is 2.17 bits per heavy atom. The summed E-state index contributed by atoms with van der Waals surface area (Å²) in [4.78, 5) is 26.7. The molecule has 2 amide bonds. The molecule has 3 unspecified atom stereocenters. The van der Waals surface area contributed by atoms with E-state index in [9.17, 15) is 10.1 Å². The van der Waals surface area contributed by atoms with E-state index in [-0.39, 0.29) is 24.1 Å². The van der Waals surface area contributed by atoms with Crippen molar-refractivity contribution in [3.8, 4) is 6.07 Å². The first kappa shape index (κ1) is 19.5. The van der Waals surface area contributed by atoms with Crippen LogP contribution in [-0.4, -0.2) is 78.3 Å². The normalized spacial score (nSPS) is 27.2. The number of hydrogen-bond acceptors (Lipinski definition) is 5. The monoisotopic (exact) mass is 396 g/mol. The fourth-order valence-corrected chi connectivity index (χ4v) is 4.65. The summed E-state index contributed by atoms with van der Waals surface area (Å²) in [5.74, 6) is 0.202. The Morgan fingerprint density at radius 3 is 2.90 bits per heavy atom. The highest BCUT2D eigenvalue weighted by Crippen LogP contribution is 2.31. The van der Waals surface area contributed by atoms with Crippen molar-refractivity contribution in [1.29, 1.82) is 5.26 Å². The van der Waals surface area contributed by atoms with E-state index in [1.807, 2.05) is 29.4 Å². The van der Waals surface area contributed by atoms with E-state index in [4.69, 9.17) is 4.74 Å². The number of ether oxygens (including phenoxy) is 1. The van der Waals surface area contributed by atoms with Crippen molar-refractivity contribution in [3.63, 3.8) is 0 Å². The molecule has 0 aliphatic carbocycles. The molecule has 0 spiro atoms. The fourth-order valence-electron chi connectivity index (χ4n) is 4.65. The lowest BCUT2D eigenvalue weighted by molar-refractivity contribution is 0.0891. The molecule has 2 aromatic rings. The first-order valence-electron chi connectivity index (χ1n) is 10.1. The highest BCUT2D eigenvalue weighted by molar-refractivity contribution is 5.89. The highest BCUT2D eigenvalue weighted by atomic mass is 16.5. The maximum atomic E-state index is 13.2. The zero-order chi connectivity index (χ0) is 20.5. The summed E-state index contributed by atoms with van der Waals surface area (Å²) >= 11 is 0. The van der Waals surface area contributed by atoms with Gasteiger partial charge < -0.3 is 24.4 Å². The maximum Gasteiger partial charge on any atom is 0.320 e. The lowest BCUT2D eigenvalue weighted by Crippen LogP contribution is -2.55. The van der Waals surface area contributed by atoms with E-state index in [0.717, 1.165) is 29.7 Å². The molecule has 2 saturated heterocycles. The fraction of sp³-hybridized carbons (Fsp3) is 0.571. The second kappa shape index (κ2) is 7.91. The Bertz CT molecular complexity index is 921. The van der Waals surface area contributed by atoms with Crippen molar-refractivity contribution >= 4 is 22.8 Å². The number of piperidine rings is 1. The molecule has 0 bridgehead atoms. The quantitative estimate of drug-likeness (QED) is 0.860.